The van der Waals surface area contributed by atoms with E-state index < -0.39 is 0 Å². The third kappa shape index (κ3) is 1.48. The molecule has 2 heterocycles. The van der Waals surface area contributed by atoms with E-state index in [2.05, 4.69) is 10.1 Å². The highest BCUT2D eigenvalue weighted by molar-refractivity contribution is 7.17. The predicted molar refractivity (Wildman–Crippen MR) is 50.2 cm³/mol. The first-order valence-corrected chi connectivity index (χ1v) is 4.49. The van der Waals surface area contributed by atoms with E-state index in [0.717, 1.165) is 9.84 Å². The van der Waals surface area contributed by atoms with Crippen LogP contribution in [0, 0.1) is 0 Å². The Morgan fingerprint density at radius 2 is 2.62 bits per heavy atom. The number of thiazole rings is 1. The normalized spacial score (nSPS) is 12.5. The van der Waals surface area contributed by atoms with Gasteiger partial charge in [-0.25, -0.2) is 4.98 Å². The van der Waals surface area contributed by atoms with E-state index >= 15 is 0 Å². The number of fused-ring (bicyclic) bond motifs is 1. The fraction of sp³-hybridized carbons (Fsp3) is 0.143. The first kappa shape index (κ1) is 8.06. The van der Waals surface area contributed by atoms with Gasteiger partial charge in [-0.2, -0.15) is 0 Å². The number of nitrogens with two attached hydrogens (primary N) is 1. The fourth-order valence-corrected chi connectivity index (χ4v) is 2.02. The third-order valence-corrected chi connectivity index (χ3v) is 2.63. The molecule has 0 saturated heterocycles. The van der Waals surface area contributed by atoms with Gasteiger partial charge in [-0.3, -0.25) is 4.40 Å². The van der Waals surface area contributed by atoms with Gasteiger partial charge in [-0.05, 0) is 0 Å². The van der Waals surface area contributed by atoms with Crippen LogP contribution in [0.1, 0.15) is 4.88 Å². The minimum atomic E-state index is 0.213. The number of hydrogen-bond donors (Lipinski definition) is 2. The molecule has 0 radical (unpaired) electrons. The number of nitrogens with zero attached hydrogens (tertiary/aromatic N) is 3. The van der Waals surface area contributed by atoms with E-state index in [1.807, 2.05) is 16.8 Å². The molecule has 6 heteroatoms. The molecule has 68 valence electrons. The average Bonchev–Trinajstić information content (AvgIpc) is 2.63. The molecule has 2 aromatic rings. The molecule has 0 atom stereocenters. The van der Waals surface area contributed by atoms with Crippen LogP contribution >= 0.6 is 11.3 Å². The largest absolute Gasteiger partial charge is 0.409 e. The molecule has 0 unspecified atom stereocenters. The van der Waals surface area contributed by atoms with Gasteiger partial charge < -0.3 is 10.9 Å². The van der Waals surface area contributed by atoms with Crippen molar-refractivity contribution in [3.63, 3.8) is 0 Å². The molecule has 0 aliphatic carbocycles. The molecule has 0 bridgehead atoms. The summed E-state index contributed by atoms with van der Waals surface area (Å²) < 4.78 is 1.91. The first-order valence-electron chi connectivity index (χ1n) is 3.67. The van der Waals surface area contributed by atoms with Crippen LogP contribution in [0.25, 0.3) is 4.96 Å². The van der Waals surface area contributed by atoms with Crippen molar-refractivity contribution in [2.24, 2.45) is 10.9 Å². The van der Waals surface area contributed by atoms with E-state index in [4.69, 9.17) is 10.9 Å². The molecular weight excluding hydrogens is 188 g/mol. The second kappa shape index (κ2) is 3.06. The van der Waals surface area contributed by atoms with Crippen molar-refractivity contribution in [3.8, 4) is 0 Å². The molecule has 5 nitrogen and oxygen atoms in total. The van der Waals surface area contributed by atoms with Crippen LogP contribution in [0.4, 0.5) is 0 Å². The van der Waals surface area contributed by atoms with Gasteiger partial charge in [0.1, 0.15) is 5.84 Å². The Morgan fingerprint density at radius 3 is 3.31 bits per heavy atom. The highest BCUT2D eigenvalue weighted by Crippen LogP contribution is 2.16. The number of aromatic nitrogens is 2. The van der Waals surface area contributed by atoms with E-state index in [0.29, 0.717) is 6.42 Å². The molecule has 0 saturated carbocycles. The Kier molecular flexibility index (Phi) is 1.90. The van der Waals surface area contributed by atoms with Crippen molar-refractivity contribution < 1.29 is 5.21 Å². The summed E-state index contributed by atoms with van der Waals surface area (Å²) in [7, 11) is 0. The summed E-state index contributed by atoms with van der Waals surface area (Å²) in [6.45, 7) is 0. The Labute approximate surface area is 78.1 Å². The highest BCUT2D eigenvalue weighted by Gasteiger charge is 2.03. The van der Waals surface area contributed by atoms with Crippen molar-refractivity contribution in [2.45, 2.75) is 6.42 Å². The maximum Gasteiger partial charge on any atom is 0.193 e. The van der Waals surface area contributed by atoms with Gasteiger partial charge in [-0.15, -0.1) is 11.3 Å². The summed E-state index contributed by atoms with van der Waals surface area (Å²) >= 11 is 1.53. The van der Waals surface area contributed by atoms with Crippen molar-refractivity contribution in [1.29, 1.82) is 0 Å². The summed E-state index contributed by atoms with van der Waals surface area (Å²) in [5.74, 6) is 0.213. The van der Waals surface area contributed by atoms with Gasteiger partial charge in [0.25, 0.3) is 0 Å². The topological polar surface area (TPSA) is 75.9 Å². The maximum atomic E-state index is 8.37. The highest BCUT2D eigenvalue weighted by atomic mass is 32.1. The minimum absolute atomic E-state index is 0.213. The van der Waals surface area contributed by atoms with Gasteiger partial charge in [-0.1, -0.05) is 5.16 Å². The first-order chi connectivity index (χ1) is 6.29. The monoisotopic (exact) mass is 196 g/mol. The summed E-state index contributed by atoms with van der Waals surface area (Å²) in [5, 5.41) is 11.3. The lowest BCUT2D eigenvalue weighted by atomic mass is 10.4. The maximum absolute atomic E-state index is 8.37. The summed E-state index contributed by atoms with van der Waals surface area (Å²) in [6, 6.07) is 0. The summed E-state index contributed by atoms with van der Waals surface area (Å²) in [5.41, 5.74) is 5.37. The molecule has 0 aliphatic rings. The Bertz CT molecular complexity index is 415. The molecule has 13 heavy (non-hydrogen) atoms. The molecule has 3 N–H and O–H groups in total. The van der Waals surface area contributed by atoms with Crippen LogP contribution < -0.4 is 5.73 Å². The average molecular weight is 196 g/mol. The standard InChI is InChI=1S/C7H8N4OS/c8-6(10-12)3-5-4-11-2-1-9-7(11)13-5/h1-2,4,12H,3H2,(H2,8,10). The van der Waals surface area contributed by atoms with Crippen molar-refractivity contribution in [3.05, 3.63) is 23.5 Å². The molecule has 0 aliphatic heterocycles. The number of rotatable bonds is 2. The lowest BCUT2D eigenvalue weighted by Gasteiger charge is -1.91. The van der Waals surface area contributed by atoms with Gasteiger partial charge in [0, 0.05) is 29.9 Å². The smallest absolute Gasteiger partial charge is 0.193 e. The summed E-state index contributed by atoms with van der Waals surface area (Å²) in [6.07, 6.45) is 5.98. The number of hydrogen-bond acceptors (Lipinski definition) is 4. The third-order valence-electron chi connectivity index (χ3n) is 1.62. The second-order valence-electron chi connectivity index (χ2n) is 2.58. The van der Waals surface area contributed by atoms with E-state index in [1.54, 1.807) is 6.20 Å². The minimum Gasteiger partial charge on any atom is -0.409 e. The number of imidazole rings is 1. The Morgan fingerprint density at radius 1 is 1.77 bits per heavy atom. The number of amidine groups is 1. The summed E-state index contributed by atoms with van der Waals surface area (Å²) in [4.78, 5) is 6.05. The van der Waals surface area contributed by atoms with E-state index in [-0.39, 0.29) is 5.84 Å². The zero-order valence-electron chi connectivity index (χ0n) is 6.71. The van der Waals surface area contributed by atoms with Crippen molar-refractivity contribution in [2.75, 3.05) is 0 Å². The SMILES string of the molecule is N/C(Cc1cn2ccnc2s1)=N\O. The number of oxime groups is 1. The van der Waals surface area contributed by atoms with Gasteiger partial charge >= 0.3 is 0 Å². The quantitative estimate of drug-likeness (QED) is 0.321. The van der Waals surface area contributed by atoms with Crippen LogP contribution in [-0.2, 0) is 6.42 Å². The fourth-order valence-electron chi connectivity index (χ4n) is 1.07. The van der Waals surface area contributed by atoms with Crippen LogP contribution in [-0.4, -0.2) is 20.4 Å². The lowest BCUT2D eigenvalue weighted by Crippen LogP contribution is -2.13. The Hall–Kier alpha value is -1.56. The molecule has 0 fully saturated rings. The Balaban J connectivity index is 2.30. The van der Waals surface area contributed by atoms with E-state index in [9.17, 15) is 0 Å². The molecule has 0 spiro atoms. The second-order valence-corrected chi connectivity index (χ2v) is 3.68. The molecule has 0 amide bonds. The molecule has 2 aromatic heterocycles. The zero-order chi connectivity index (χ0) is 9.26. The van der Waals surface area contributed by atoms with Gasteiger partial charge in [0.15, 0.2) is 4.96 Å². The van der Waals surface area contributed by atoms with Crippen LogP contribution in [0.15, 0.2) is 23.7 Å². The lowest BCUT2D eigenvalue weighted by molar-refractivity contribution is 0.317. The van der Waals surface area contributed by atoms with Gasteiger partial charge in [0.05, 0.1) is 0 Å². The van der Waals surface area contributed by atoms with Crippen LogP contribution in [0.3, 0.4) is 0 Å². The van der Waals surface area contributed by atoms with Crippen LogP contribution in [0.2, 0.25) is 0 Å². The van der Waals surface area contributed by atoms with Crippen molar-refractivity contribution >= 4 is 22.1 Å². The van der Waals surface area contributed by atoms with Crippen LogP contribution in [0.5, 0.6) is 0 Å². The van der Waals surface area contributed by atoms with E-state index in [1.165, 1.54) is 11.3 Å². The molecule has 0 aromatic carbocycles. The molecule has 2 rings (SSSR count). The predicted octanol–water partition coefficient (Wildman–Crippen LogP) is 0.685. The zero-order valence-corrected chi connectivity index (χ0v) is 7.53. The molecular formula is C7H8N4OS. The van der Waals surface area contributed by atoms with Gasteiger partial charge in [0.2, 0.25) is 0 Å². The van der Waals surface area contributed by atoms with Crippen molar-refractivity contribution in [1.82, 2.24) is 9.38 Å².